The molecule has 0 aromatic carbocycles. The van der Waals surface area contributed by atoms with Gasteiger partial charge in [-0.05, 0) is 31.4 Å². The Morgan fingerprint density at radius 1 is 1.17 bits per heavy atom. The molecule has 2 saturated heterocycles. The van der Waals surface area contributed by atoms with Crippen molar-refractivity contribution in [2.75, 3.05) is 44.2 Å². The SMILES string of the molecule is Cl.Cl.NC(=O)c1cccnc1N1CCN(C(=O)[C@H]2CC[C@H]3OCCN[C@@H]3C2)CC1. The van der Waals surface area contributed by atoms with Crippen molar-refractivity contribution >= 4 is 42.4 Å². The van der Waals surface area contributed by atoms with Crippen LogP contribution in [0.3, 0.4) is 0 Å². The third kappa shape index (κ3) is 5.12. The summed E-state index contributed by atoms with van der Waals surface area (Å²) in [5.74, 6) is 0.455. The Hall–Kier alpha value is -1.61. The van der Waals surface area contributed by atoms with Gasteiger partial charge in [-0.1, -0.05) is 0 Å². The maximum absolute atomic E-state index is 13.0. The molecule has 3 fully saturated rings. The number of nitrogens with two attached hydrogens (primary N) is 1. The molecule has 1 aromatic rings. The number of piperazine rings is 1. The third-order valence-corrected chi connectivity index (χ3v) is 5.92. The Bertz CT molecular complexity index is 715. The number of hydrogen-bond acceptors (Lipinski definition) is 6. The van der Waals surface area contributed by atoms with Gasteiger partial charge in [0.25, 0.3) is 5.91 Å². The van der Waals surface area contributed by atoms with Gasteiger partial charge in [-0.25, -0.2) is 4.98 Å². The number of fused-ring (bicyclic) bond motifs is 1. The van der Waals surface area contributed by atoms with E-state index in [0.717, 1.165) is 32.4 Å². The lowest BCUT2D eigenvalue weighted by atomic mass is 9.82. The number of primary amides is 1. The van der Waals surface area contributed by atoms with Crippen molar-refractivity contribution < 1.29 is 14.3 Å². The number of nitrogens with zero attached hydrogens (tertiary/aromatic N) is 3. The molecule has 8 nitrogen and oxygen atoms in total. The number of pyridine rings is 1. The highest BCUT2D eigenvalue weighted by atomic mass is 35.5. The van der Waals surface area contributed by atoms with Crippen molar-refractivity contribution in [2.24, 2.45) is 11.7 Å². The van der Waals surface area contributed by atoms with E-state index in [-0.39, 0.29) is 42.7 Å². The number of morpholine rings is 1. The van der Waals surface area contributed by atoms with Crippen LogP contribution < -0.4 is 16.0 Å². The van der Waals surface area contributed by atoms with E-state index in [4.69, 9.17) is 10.5 Å². The molecule has 0 spiro atoms. The van der Waals surface area contributed by atoms with Gasteiger partial charge >= 0.3 is 0 Å². The zero-order chi connectivity index (χ0) is 18.8. The zero-order valence-electron chi connectivity index (χ0n) is 16.3. The van der Waals surface area contributed by atoms with Gasteiger partial charge in [-0.15, -0.1) is 24.8 Å². The highest BCUT2D eigenvalue weighted by Crippen LogP contribution is 2.30. The Morgan fingerprint density at radius 2 is 1.93 bits per heavy atom. The molecule has 29 heavy (non-hydrogen) atoms. The highest BCUT2D eigenvalue weighted by Gasteiger charge is 2.38. The number of hydrogen-bond donors (Lipinski definition) is 2. The van der Waals surface area contributed by atoms with Gasteiger partial charge in [0, 0.05) is 50.9 Å². The van der Waals surface area contributed by atoms with Gasteiger partial charge in [0.2, 0.25) is 5.91 Å². The van der Waals surface area contributed by atoms with Crippen LogP contribution in [0.25, 0.3) is 0 Å². The van der Waals surface area contributed by atoms with Crippen molar-refractivity contribution in [1.82, 2.24) is 15.2 Å². The quantitative estimate of drug-likeness (QED) is 0.714. The summed E-state index contributed by atoms with van der Waals surface area (Å²) in [6, 6.07) is 3.71. The van der Waals surface area contributed by atoms with Crippen molar-refractivity contribution in [3.05, 3.63) is 23.9 Å². The van der Waals surface area contributed by atoms with E-state index >= 15 is 0 Å². The van der Waals surface area contributed by atoms with Crippen LogP contribution >= 0.6 is 24.8 Å². The number of halogens is 2. The maximum atomic E-state index is 13.0. The summed E-state index contributed by atoms with van der Waals surface area (Å²) < 4.78 is 5.81. The molecule has 0 bridgehead atoms. The van der Waals surface area contributed by atoms with Crippen LogP contribution in [0, 0.1) is 5.92 Å². The number of anilines is 1. The first kappa shape index (κ1) is 23.7. The summed E-state index contributed by atoms with van der Waals surface area (Å²) in [6.45, 7) is 4.23. The molecule has 2 aliphatic heterocycles. The Balaban J connectivity index is 0.00000150. The van der Waals surface area contributed by atoms with E-state index in [1.165, 1.54) is 0 Å². The van der Waals surface area contributed by atoms with Gasteiger partial charge in [0.1, 0.15) is 5.82 Å². The number of ether oxygens (including phenoxy) is 1. The zero-order valence-corrected chi connectivity index (χ0v) is 17.9. The molecule has 10 heteroatoms. The number of carbonyl (C=O) groups is 2. The van der Waals surface area contributed by atoms with Crippen LogP contribution in [0.2, 0.25) is 0 Å². The minimum atomic E-state index is -0.476. The Labute approximate surface area is 183 Å². The van der Waals surface area contributed by atoms with E-state index in [9.17, 15) is 9.59 Å². The summed E-state index contributed by atoms with van der Waals surface area (Å²) in [5, 5.41) is 3.50. The molecule has 1 aromatic heterocycles. The van der Waals surface area contributed by atoms with E-state index < -0.39 is 5.91 Å². The second kappa shape index (κ2) is 10.4. The van der Waals surface area contributed by atoms with Gasteiger partial charge in [-0.3, -0.25) is 9.59 Å². The van der Waals surface area contributed by atoms with E-state index in [2.05, 4.69) is 10.3 Å². The van der Waals surface area contributed by atoms with E-state index in [0.29, 0.717) is 43.6 Å². The lowest BCUT2D eigenvalue weighted by molar-refractivity contribution is -0.139. The van der Waals surface area contributed by atoms with Crippen molar-refractivity contribution in [3.63, 3.8) is 0 Å². The minimum absolute atomic E-state index is 0. The molecule has 3 atom stereocenters. The highest BCUT2D eigenvalue weighted by molar-refractivity contribution is 5.97. The van der Waals surface area contributed by atoms with Gasteiger partial charge in [0.05, 0.1) is 18.3 Å². The number of nitrogens with one attached hydrogen (secondary N) is 1. The largest absolute Gasteiger partial charge is 0.375 e. The lowest BCUT2D eigenvalue weighted by Crippen LogP contribution is -2.55. The molecule has 1 aliphatic carbocycles. The van der Waals surface area contributed by atoms with Gasteiger partial charge in [0.15, 0.2) is 0 Å². The first-order chi connectivity index (χ1) is 13.1. The molecule has 162 valence electrons. The molecule has 0 radical (unpaired) electrons. The molecule has 0 unspecified atom stereocenters. The summed E-state index contributed by atoms with van der Waals surface area (Å²) in [4.78, 5) is 33.0. The average Bonchev–Trinajstić information content (AvgIpc) is 2.73. The second-order valence-corrected chi connectivity index (χ2v) is 7.53. The topological polar surface area (TPSA) is 101 Å². The summed E-state index contributed by atoms with van der Waals surface area (Å²) in [5.41, 5.74) is 5.89. The maximum Gasteiger partial charge on any atom is 0.252 e. The predicted octanol–water partition coefficient (Wildman–Crippen LogP) is 0.830. The summed E-state index contributed by atoms with van der Waals surface area (Å²) >= 11 is 0. The lowest BCUT2D eigenvalue weighted by Gasteiger charge is -2.42. The van der Waals surface area contributed by atoms with Crippen molar-refractivity contribution in [2.45, 2.75) is 31.4 Å². The fourth-order valence-electron chi connectivity index (χ4n) is 4.47. The Morgan fingerprint density at radius 3 is 2.66 bits per heavy atom. The van der Waals surface area contributed by atoms with Crippen LogP contribution in [-0.4, -0.2) is 73.2 Å². The number of amides is 2. The predicted molar refractivity (Wildman–Crippen MR) is 115 cm³/mol. The normalized spacial score (nSPS) is 26.6. The van der Waals surface area contributed by atoms with Crippen LogP contribution in [0.5, 0.6) is 0 Å². The second-order valence-electron chi connectivity index (χ2n) is 7.53. The molecule has 3 N–H and O–H groups in total. The monoisotopic (exact) mass is 445 g/mol. The molecule has 2 amide bonds. The van der Waals surface area contributed by atoms with E-state index in [1.54, 1.807) is 18.3 Å². The number of carbonyl (C=O) groups excluding carboxylic acids is 2. The minimum Gasteiger partial charge on any atom is -0.375 e. The summed E-state index contributed by atoms with van der Waals surface area (Å²) in [6.07, 6.45) is 4.63. The Kier molecular flexibility index (Phi) is 8.51. The molecular weight excluding hydrogens is 417 g/mol. The van der Waals surface area contributed by atoms with Crippen molar-refractivity contribution in [1.29, 1.82) is 0 Å². The number of aromatic nitrogens is 1. The van der Waals surface area contributed by atoms with Crippen molar-refractivity contribution in [3.8, 4) is 0 Å². The smallest absolute Gasteiger partial charge is 0.252 e. The molecule has 1 saturated carbocycles. The molecule has 3 aliphatic rings. The van der Waals surface area contributed by atoms with E-state index in [1.807, 2.05) is 9.80 Å². The fourth-order valence-corrected chi connectivity index (χ4v) is 4.47. The molecule has 3 heterocycles. The molecular formula is C19H29Cl2N5O3. The van der Waals surface area contributed by atoms with Crippen LogP contribution in [0.1, 0.15) is 29.6 Å². The third-order valence-electron chi connectivity index (χ3n) is 5.92. The van der Waals surface area contributed by atoms with Crippen LogP contribution in [0.4, 0.5) is 5.82 Å². The van der Waals surface area contributed by atoms with Crippen LogP contribution in [0.15, 0.2) is 18.3 Å². The first-order valence-electron chi connectivity index (χ1n) is 9.77. The standard InChI is InChI=1S/C19H27N5O3.2ClH/c20-17(25)14-2-1-5-22-18(14)23-7-9-24(10-8-23)19(26)13-3-4-16-15(12-13)21-6-11-27-16;;/h1-2,5,13,15-16,21H,3-4,6-12H2,(H2,20,25);2*1H/t13-,15+,16+;;/m0../s1. The fraction of sp³-hybridized carbons (Fsp3) is 0.632. The number of rotatable bonds is 3. The van der Waals surface area contributed by atoms with Gasteiger partial charge < -0.3 is 25.6 Å². The van der Waals surface area contributed by atoms with Gasteiger partial charge in [-0.2, -0.15) is 0 Å². The van der Waals surface area contributed by atoms with Crippen LogP contribution in [-0.2, 0) is 9.53 Å². The summed E-state index contributed by atoms with van der Waals surface area (Å²) in [7, 11) is 0. The first-order valence-corrected chi connectivity index (χ1v) is 9.77. The molecule has 4 rings (SSSR count). The average molecular weight is 446 g/mol.